The van der Waals surface area contributed by atoms with E-state index in [9.17, 15) is 0 Å². The molecule has 0 fully saturated rings. The number of para-hydroxylation sites is 2. The lowest BCUT2D eigenvalue weighted by Crippen LogP contribution is -1.98. The molecule has 0 aliphatic carbocycles. The third-order valence-electron chi connectivity index (χ3n) is 3.56. The lowest BCUT2D eigenvalue weighted by Gasteiger charge is -2.06. The molecule has 0 saturated carbocycles. The molecular weight excluding hydrogens is 272 g/mol. The lowest BCUT2D eigenvalue weighted by atomic mass is 10.1. The van der Waals surface area contributed by atoms with E-state index in [0.717, 1.165) is 37.6 Å². The molecule has 0 heterocycles. The summed E-state index contributed by atoms with van der Waals surface area (Å²) >= 11 is 0. The van der Waals surface area contributed by atoms with Gasteiger partial charge in [0.05, 0.1) is 13.2 Å². The average Bonchev–Trinajstić information content (AvgIpc) is 2.58. The van der Waals surface area contributed by atoms with Gasteiger partial charge in [-0.2, -0.15) is 0 Å². The van der Waals surface area contributed by atoms with Crippen molar-refractivity contribution in [3.05, 3.63) is 60.7 Å². The van der Waals surface area contributed by atoms with Gasteiger partial charge in [0.25, 0.3) is 0 Å². The maximum Gasteiger partial charge on any atom is 0.119 e. The van der Waals surface area contributed by atoms with Gasteiger partial charge in [-0.1, -0.05) is 62.1 Å². The Morgan fingerprint density at radius 1 is 0.455 bits per heavy atom. The molecule has 0 radical (unpaired) electrons. The van der Waals surface area contributed by atoms with Gasteiger partial charge in [-0.05, 0) is 37.1 Å². The van der Waals surface area contributed by atoms with Crippen molar-refractivity contribution < 1.29 is 9.47 Å². The Labute approximate surface area is 134 Å². The van der Waals surface area contributed by atoms with Crippen molar-refractivity contribution in [2.75, 3.05) is 13.2 Å². The van der Waals surface area contributed by atoms with Crippen molar-refractivity contribution in [3.8, 4) is 11.5 Å². The van der Waals surface area contributed by atoms with Crippen molar-refractivity contribution in [1.29, 1.82) is 0 Å². The van der Waals surface area contributed by atoms with E-state index in [4.69, 9.17) is 9.47 Å². The molecule has 22 heavy (non-hydrogen) atoms. The van der Waals surface area contributed by atoms with Gasteiger partial charge in [0.2, 0.25) is 0 Å². The van der Waals surface area contributed by atoms with Gasteiger partial charge in [-0.3, -0.25) is 0 Å². The van der Waals surface area contributed by atoms with Crippen LogP contribution < -0.4 is 9.47 Å². The van der Waals surface area contributed by atoms with Crippen LogP contribution in [0.3, 0.4) is 0 Å². The van der Waals surface area contributed by atoms with Crippen molar-refractivity contribution in [1.82, 2.24) is 0 Å². The van der Waals surface area contributed by atoms with Crippen LogP contribution in [0.2, 0.25) is 0 Å². The minimum absolute atomic E-state index is 0.821. The van der Waals surface area contributed by atoms with Gasteiger partial charge in [-0.25, -0.2) is 0 Å². The summed E-state index contributed by atoms with van der Waals surface area (Å²) in [6, 6.07) is 20.1. The molecule has 0 aliphatic heterocycles. The van der Waals surface area contributed by atoms with E-state index in [2.05, 4.69) is 0 Å². The Morgan fingerprint density at radius 2 is 0.818 bits per heavy atom. The molecule has 2 aromatic carbocycles. The zero-order valence-corrected chi connectivity index (χ0v) is 13.2. The highest BCUT2D eigenvalue weighted by Gasteiger charge is 1.95. The standard InChI is InChI=1S/C20H26O2/c1(3-11-17-21-19-13-7-5-8-14-19)2-4-12-18-22-20-15-9-6-10-16-20/h5-10,13-16H,1-4,11-12,17-18H2. The number of unbranched alkanes of at least 4 members (excludes halogenated alkanes) is 5. The molecule has 2 aromatic rings. The summed E-state index contributed by atoms with van der Waals surface area (Å²) in [5.74, 6) is 1.95. The third-order valence-corrected chi connectivity index (χ3v) is 3.56. The number of ether oxygens (including phenoxy) is 2. The first-order valence-electron chi connectivity index (χ1n) is 8.31. The van der Waals surface area contributed by atoms with E-state index in [1.165, 1.54) is 25.7 Å². The van der Waals surface area contributed by atoms with E-state index in [1.54, 1.807) is 0 Å². The van der Waals surface area contributed by atoms with Gasteiger partial charge in [0.1, 0.15) is 11.5 Å². The molecule has 118 valence electrons. The molecular formula is C20H26O2. The number of hydrogen-bond acceptors (Lipinski definition) is 2. The molecule has 2 heteroatoms. The highest BCUT2D eigenvalue weighted by molar-refractivity contribution is 5.21. The van der Waals surface area contributed by atoms with E-state index in [-0.39, 0.29) is 0 Å². The SMILES string of the molecule is c1ccc(OCCCCCCCCOc2ccccc2)cc1. The second-order valence-corrected chi connectivity index (χ2v) is 5.44. The Balaban J connectivity index is 1.37. The zero-order valence-electron chi connectivity index (χ0n) is 13.2. The third kappa shape index (κ3) is 7.16. The van der Waals surface area contributed by atoms with Crippen LogP contribution in [0.1, 0.15) is 38.5 Å². The predicted octanol–water partition coefficient (Wildman–Crippen LogP) is 5.49. The number of hydrogen-bond donors (Lipinski definition) is 0. The van der Waals surface area contributed by atoms with E-state index in [0.29, 0.717) is 0 Å². The van der Waals surface area contributed by atoms with Gasteiger partial charge in [0, 0.05) is 0 Å². The largest absolute Gasteiger partial charge is 0.494 e. The molecule has 0 bridgehead atoms. The van der Waals surface area contributed by atoms with Crippen LogP contribution in [-0.4, -0.2) is 13.2 Å². The first kappa shape index (κ1) is 16.4. The topological polar surface area (TPSA) is 18.5 Å². The van der Waals surface area contributed by atoms with Gasteiger partial charge >= 0.3 is 0 Å². The minimum atomic E-state index is 0.821. The van der Waals surface area contributed by atoms with E-state index >= 15 is 0 Å². The number of rotatable bonds is 11. The maximum atomic E-state index is 5.68. The molecule has 0 unspecified atom stereocenters. The van der Waals surface area contributed by atoms with Crippen LogP contribution in [-0.2, 0) is 0 Å². The fourth-order valence-corrected chi connectivity index (χ4v) is 2.32. The quantitative estimate of drug-likeness (QED) is 0.511. The average molecular weight is 298 g/mol. The van der Waals surface area contributed by atoms with Gasteiger partial charge in [0.15, 0.2) is 0 Å². The lowest BCUT2D eigenvalue weighted by molar-refractivity contribution is 0.297. The summed E-state index contributed by atoms with van der Waals surface area (Å²) in [6.07, 6.45) is 7.32. The summed E-state index contributed by atoms with van der Waals surface area (Å²) in [6.45, 7) is 1.64. The Bertz CT molecular complexity index is 434. The molecule has 0 aliphatic rings. The molecule has 0 N–H and O–H groups in total. The summed E-state index contributed by atoms with van der Waals surface area (Å²) < 4.78 is 11.4. The van der Waals surface area contributed by atoms with Crippen LogP contribution in [0.4, 0.5) is 0 Å². The highest BCUT2D eigenvalue weighted by atomic mass is 16.5. The monoisotopic (exact) mass is 298 g/mol. The Kier molecular flexibility index (Phi) is 8.00. The molecule has 0 aromatic heterocycles. The Hall–Kier alpha value is -1.96. The van der Waals surface area contributed by atoms with Crippen LogP contribution in [0.5, 0.6) is 11.5 Å². The second kappa shape index (κ2) is 10.7. The predicted molar refractivity (Wildman–Crippen MR) is 91.6 cm³/mol. The summed E-state index contributed by atoms with van der Waals surface area (Å²) in [5, 5.41) is 0. The van der Waals surface area contributed by atoms with Crippen LogP contribution in [0.15, 0.2) is 60.7 Å². The first-order valence-corrected chi connectivity index (χ1v) is 8.31. The first-order chi connectivity index (χ1) is 10.9. The molecule has 0 atom stereocenters. The van der Waals surface area contributed by atoms with Crippen molar-refractivity contribution in [2.45, 2.75) is 38.5 Å². The smallest absolute Gasteiger partial charge is 0.119 e. The highest BCUT2D eigenvalue weighted by Crippen LogP contribution is 2.12. The fraction of sp³-hybridized carbons (Fsp3) is 0.400. The second-order valence-electron chi connectivity index (χ2n) is 5.44. The fourth-order valence-electron chi connectivity index (χ4n) is 2.32. The maximum absolute atomic E-state index is 5.68. The Morgan fingerprint density at radius 3 is 1.23 bits per heavy atom. The van der Waals surface area contributed by atoms with Crippen LogP contribution in [0, 0.1) is 0 Å². The van der Waals surface area contributed by atoms with Crippen molar-refractivity contribution in [3.63, 3.8) is 0 Å². The van der Waals surface area contributed by atoms with Crippen LogP contribution >= 0.6 is 0 Å². The summed E-state index contributed by atoms with van der Waals surface area (Å²) in [4.78, 5) is 0. The molecule has 2 nitrogen and oxygen atoms in total. The van der Waals surface area contributed by atoms with E-state index in [1.807, 2.05) is 60.7 Å². The molecule has 2 rings (SSSR count). The van der Waals surface area contributed by atoms with Gasteiger partial charge < -0.3 is 9.47 Å². The summed E-state index contributed by atoms with van der Waals surface area (Å²) in [5.41, 5.74) is 0. The zero-order chi connectivity index (χ0) is 15.3. The van der Waals surface area contributed by atoms with Crippen molar-refractivity contribution in [2.24, 2.45) is 0 Å². The number of benzene rings is 2. The van der Waals surface area contributed by atoms with Crippen LogP contribution in [0.25, 0.3) is 0 Å². The van der Waals surface area contributed by atoms with Gasteiger partial charge in [-0.15, -0.1) is 0 Å². The normalized spacial score (nSPS) is 10.4. The van der Waals surface area contributed by atoms with Crippen molar-refractivity contribution >= 4 is 0 Å². The molecule has 0 spiro atoms. The minimum Gasteiger partial charge on any atom is -0.494 e. The molecule has 0 amide bonds. The summed E-state index contributed by atoms with van der Waals surface area (Å²) in [7, 11) is 0. The molecule has 0 saturated heterocycles. The van der Waals surface area contributed by atoms with E-state index < -0.39 is 0 Å².